The second-order valence-electron chi connectivity index (χ2n) is 4.13. The van der Waals surface area contributed by atoms with Gasteiger partial charge < -0.3 is 9.84 Å². The molecule has 0 aromatic carbocycles. The average Bonchev–Trinajstić information content (AvgIpc) is 2.25. The Balaban J connectivity index is 4.18. The van der Waals surface area contributed by atoms with Crippen LogP contribution in [0.5, 0.6) is 0 Å². The summed E-state index contributed by atoms with van der Waals surface area (Å²) in [6.07, 6.45) is 4.16. The molecule has 0 rings (SSSR count). The van der Waals surface area contributed by atoms with E-state index in [-0.39, 0.29) is 18.1 Å². The average molecular weight is 242 g/mol. The van der Waals surface area contributed by atoms with Gasteiger partial charge in [-0.15, -0.1) is 0 Å². The lowest BCUT2D eigenvalue weighted by atomic mass is 10.1. The fourth-order valence-electron chi connectivity index (χ4n) is 1.51. The predicted molar refractivity (Wildman–Crippen MR) is 65.7 cm³/mol. The van der Waals surface area contributed by atoms with E-state index in [0.717, 1.165) is 32.1 Å². The topological polar surface area (TPSA) is 63.6 Å². The molecule has 4 heteroatoms. The molecule has 0 aliphatic carbocycles. The number of hydrogen-bond acceptors (Lipinski definition) is 3. The van der Waals surface area contributed by atoms with Crippen molar-refractivity contribution in [1.29, 1.82) is 0 Å². The minimum absolute atomic E-state index is 0.00935. The van der Waals surface area contributed by atoms with E-state index in [4.69, 9.17) is 9.84 Å². The van der Waals surface area contributed by atoms with E-state index >= 15 is 0 Å². The van der Waals surface area contributed by atoms with Crippen molar-refractivity contribution >= 4 is 11.9 Å². The third kappa shape index (κ3) is 7.55. The predicted octanol–water partition coefficient (Wildman–Crippen LogP) is 2.92. The van der Waals surface area contributed by atoms with Crippen LogP contribution in [0.15, 0.2) is 12.2 Å². The Morgan fingerprint density at radius 2 is 1.88 bits per heavy atom. The maximum Gasteiger partial charge on any atom is 0.334 e. The van der Waals surface area contributed by atoms with E-state index < -0.39 is 11.9 Å². The van der Waals surface area contributed by atoms with E-state index in [2.05, 4.69) is 13.5 Å². The summed E-state index contributed by atoms with van der Waals surface area (Å²) in [5, 5.41) is 8.54. The number of carboxylic acid groups (broad SMARTS) is 1. The van der Waals surface area contributed by atoms with Gasteiger partial charge in [0.05, 0.1) is 6.42 Å². The Bertz CT molecular complexity index is 271. The zero-order valence-corrected chi connectivity index (χ0v) is 10.7. The molecular weight excluding hydrogens is 220 g/mol. The summed E-state index contributed by atoms with van der Waals surface area (Å²) in [5.41, 5.74) is 0.00935. The summed E-state index contributed by atoms with van der Waals surface area (Å²) < 4.78 is 5.25. The van der Waals surface area contributed by atoms with Crippen LogP contribution in [0.1, 0.15) is 52.4 Å². The molecule has 0 heterocycles. The largest absolute Gasteiger partial charge is 0.481 e. The Kier molecular flexibility index (Phi) is 8.11. The fourth-order valence-corrected chi connectivity index (χ4v) is 1.51. The molecule has 1 unspecified atom stereocenters. The van der Waals surface area contributed by atoms with Crippen molar-refractivity contribution in [3.05, 3.63) is 12.2 Å². The van der Waals surface area contributed by atoms with Gasteiger partial charge in [-0.25, -0.2) is 4.79 Å². The van der Waals surface area contributed by atoms with E-state index in [0.29, 0.717) is 0 Å². The van der Waals surface area contributed by atoms with Crippen molar-refractivity contribution in [3.63, 3.8) is 0 Å². The van der Waals surface area contributed by atoms with Crippen molar-refractivity contribution < 1.29 is 19.4 Å². The summed E-state index contributed by atoms with van der Waals surface area (Å²) in [6.45, 7) is 7.54. The molecule has 17 heavy (non-hydrogen) atoms. The molecule has 4 nitrogen and oxygen atoms in total. The second kappa shape index (κ2) is 8.79. The van der Waals surface area contributed by atoms with Gasteiger partial charge in [0.1, 0.15) is 6.10 Å². The fraction of sp³-hybridized carbons (Fsp3) is 0.692. The minimum Gasteiger partial charge on any atom is -0.481 e. The molecule has 0 saturated carbocycles. The second-order valence-corrected chi connectivity index (χ2v) is 4.13. The summed E-state index contributed by atoms with van der Waals surface area (Å²) in [4.78, 5) is 22.0. The van der Waals surface area contributed by atoms with Crippen LogP contribution in [0.25, 0.3) is 0 Å². The molecule has 0 saturated heterocycles. The lowest BCUT2D eigenvalue weighted by molar-refractivity contribution is -0.147. The number of esters is 1. The van der Waals surface area contributed by atoms with Crippen LogP contribution in [0.4, 0.5) is 0 Å². The molecule has 1 atom stereocenters. The van der Waals surface area contributed by atoms with Crippen LogP contribution in [-0.4, -0.2) is 23.1 Å². The van der Waals surface area contributed by atoms with Crippen molar-refractivity contribution in [3.8, 4) is 0 Å². The number of rotatable bonds is 9. The van der Waals surface area contributed by atoms with Gasteiger partial charge in [0.25, 0.3) is 0 Å². The van der Waals surface area contributed by atoms with Crippen molar-refractivity contribution in [2.45, 2.75) is 58.5 Å². The third-order valence-electron chi connectivity index (χ3n) is 2.42. The zero-order chi connectivity index (χ0) is 13.3. The number of ether oxygens (including phenoxy) is 1. The normalized spacial score (nSPS) is 11.9. The first-order chi connectivity index (χ1) is 8.01. The van der Waals surface area contributed by atoms with Crippen LogP contribution in [0.2, 0.25) is 0 Å². The Morgan fingerprint density at radius 3 is 2.35 bits per heavy atom. The highest BCUT2D eigenvalue weighted by atomic mass is 16.5. The van der Waals surface area contributed by atoms with Crippen LogP contribution in [0.3, 0.4) is 0 Å². The maximum absolute atomic E-state index is 11.5. The molecule has 0 fully saturated rings. The first-order valence-electron chi connectivity index (χ1n) is 6.11. The van der Waals surface area contributed by atoms with Gasteiger partial charge in [0, 0.05) is 5.57 Å². The van der Waals surface area contributed by atoms with E-state index in [9.17, 15) is 9.59 Å². The number of aliphatic carboxylic acids is 1. The first kappa shape index (κ1) is 15.7. The monoisotopic (exact) mass is 242 g/mol. The van der Waals surface area contributed by atoms with Crippen molar-refractivity contribution in [2.24, 2.45) is 0 Å². The van der Waals surface area contributed by atoms with E-state index in [1.807, 2.05) is 6.92 Å². The van der Waals surface area contributed by atoms with Gasteiger partial charge in [-0.3, -0.25) is 4.79 Å². The molecule has 0 radical (unpaired) electrons. The summed E-state index contributed by atoms with van der Waals surface area (Å²) in [7, 11) is 0. The molecule has 0 aromatic rings. The van der Waals surface area contributed by atoms with Crippen LogP contribution in [0, 0.1) is 0 Å². The Labute approximate surface area is 103 Å². The quantitative estimate of drug-likeness (QED) is 0.498. The lowest BCUT2D eigenvalue weighted by Gasteiger charge is -2.17. The van der Waals surface area contributed by atoms with Gasteiger partial charge in [-0.1, -0.05) is 39.7 Å². The zero-order valence-electron chi connectivity index (χ0n) is 10.7. The lowest BCUT2D eigenvalue weighted by Crippen LogP contribution is -2.20. The molecule has 0 aliphatic rings. The Morgan fingerprint density at radius 1 is 1.24 bits per heavy atom. The molecule has 0 amide bonds. The molecule has 0 aromatic heterocycles. The molecule has 1 N–H and O–H groups in total. The standard InChI is InChI=1S/C13H22O4/c1-4-6-8-11(7-5-2)17-13(16)10(3)9-12(14)15/h11H,3-9H2,1-2H3,(H,14,15). The summed E-state index contributed by atoms with van der Waals surface area (Å²) >= 11 is 0. The van der Waals surface area contributed by atoms with E-state index in [1.165, 1.54) is 0 Å². The van der Waals surface area contributed by atoms with Crippen molar-refractivity contribution in [2.75, 3.05) is 0 Å². The van der Waals surface area contributed by atoms with Gasteiger partial charge in [-0.2, -0.15) is 0 Å². The number of carboxylic acids is 1. The molecule has 0 spiro atoms. The highest BCUT2D eigenvalue weighted by Crippen LogP contribution is 2.13. The van der Waals surface area contributed by atoms with E-state index in [1.54, 1.807) is 0 Å². The van der Waals surface area contributed by atoms with Crippen LogP contribution < -0.4 is 0 Å². The van der Waals surface area contributed by atoms with Crippen LogP contribution >= 0.6 is 0 Å². The first-order valence-corrected chi connectivity index (χ1v) is 6.11. The number of unbranched alkanes of at least 4 members (excludes halogenated alkanes) is 1. The molecule has 98 valence electrons. The SMILES string of the molecule is C=C(CC(=O)O)C(=O)OC(CCC)CCCC. The molecule has 0 bridgehead atoms. The van der Waals surface area contributed by atoms with Crippen molar-refractivity contribution in [1.82, 2.24) is 0 Å². The molecular formula is C13H22O4. The molecule has 0 aliphatic heterocycles. The number of carbonyl (C=O) groups is 2. The maximum atomic E-state index is 11.5. The highest BCUT2D eigenvalue weighted by Gasteiger charge is 2.17. The van der Waals surface area contributed by atoms with Gasteiger partial charge in [0.15, 0.2) is 0 Å². The minimum atomic E-state index is -1.06. The number of hydrogen-bond donors (Lipinski definition) is 1. The van der Waals surface area contributed by atoms with Gasteiger partial charge in [-0.05, 0) is 12.8 Å². The number of carbonyl (C=O) groups excluding carboxylic acids is 1. The summed E-state index contributed by atoms with van der Waals surface area (Å²) in [5.74, 6) is -1.64. The highest BCUT2D eigenvalue weighted by molar-refractivity contribution is 5.92. The Hall–Kier alpha value is -1.32. The third-order valence-corrected chi connectivity index (χ3v) is 2.42. The summed E-state index contributed by atoms with van der Waals surface area (Å²) in [6, 6.07) is 0. The van der Waals surface area contributed by atoms with Crippen LogP contribution in [-0.2, 0) is 14.3 Å². The smallest absolute Gasteiger partial charge is 0.334 e. The van der Waals surface area contributed by atoms with Gasteiger partial charge >= 0.3 is 11.9 Å². The van der Waals surface area contributed by atoms with Gasteiger partial charge in [0.2, 0.25) is 0 Å².